The molecule has 0 bridgehead atoms. The van der Waals surface area contributed by atoms with E-state index in [0.29, 0.717) is 17.9 Å². The van der Waals surface area contributed by atoms with Crippen LogP contribution in [-0.2, 0) is 15.1 Å². The molecule has 0 aliphatic heterocycles. The van der Waals surface area contributed by atoms with Gasteiger partial charge in [0.2, 0.25) is 15.7 Å². The van der Waals surface area contributed by atoms with Crippen LogP contribution in [-0.4, -0.2) is 45.3 Å². The Labute approximate surface area is 200 Å². The molecule has 3 N–H and O–H groups in total. The molecule has 0 aliphatic rings. The predicted octanol–water partition coefficient (Wildman–Crippen LogP) is 3.12. The molecule has 4 rings (SSSR count). The lowest BCUT2D eigenvalue weighted by Gasteiger charge is -2.12. The van der Waals surface area contributed by atoms with Crippen LogP contribution in [0.5, 0.6) is 0 Å². The van der Waals surface area contributed by atoms with Gasteiger partial charge in [0.05, 0.1) is 11.3 Å². The van der Waals surface area contributed by atoms with Gasteiger partial charge in [-0.15, -0.1) is 0 Å². The van der Waals surface area contributed by atoms with E-state index in [4.69, 9.17) is 5.73 Å². The molecule has 1 amide bonds. The number of hydrogen-bond acceptors (Lipinski definition) is 9. The number of hydrogen-bond donors (Lipinski definition) is 2. The summed E-state index contributed by atoms with van der Waals surface area (Å²) >= 11 is 0. The molecule has 11 nitrogen and oxygen atoms in total. The molecule has 3 heterocycles. The molecule has 0 saturated heterocycles. The van der Waals surface area contributed by atoms with Crippen molar-refractivity contribution in [1.29, 1.82) is 0 Å². The van der Waals surface area contributed by atoms with Gasteiger partial charge in [0.15, 0.2) is 5.82 Å². The number of anilines is 2. The van der Waals surface area contributed by atoms with Crippen molar-refractivity contribution in [2.45, 2.75) is 25.0 Å². The highest BCUT2D eigenvalue weighted by Crippen LogP contribution is 2.38. The van der Waals surface area contributed by atoms with Crippen molar-refractivity contribution in [2.24, 2.45) is 5.73 Å². The van der Waals surface area contributed by atoms with Crippen LogP contribution in [0.1, 0.15) is 41.6 Å². The zero-order valence-electron chi connectivity index (χ0n) is 18.8. The number of alkyl halides is 2. The topological polar surface area (TPSA) is 158 Å². The maximum Gasteiger partial charge on any atom is 0.421 e. The highest BCUT2D eigenvalue weighted by Gasteiger charge is 2.49. The van der Waals surface area contributed by atoms with Crippen molar-refractivity contribution < 1.29 is 35.3 Å². The summed E-state index contributed by atoms with van der Waals surface area (Å²) in [5, 5.41) is 5.81. The number of carbonyl (C=O) groups excluding carboxylic acids is 1. The quantitative estimate of drug-likeness (QED) is 0.344. The van der Waals surface area contributed by atoms with Crippen LogP contribution in [0.4, 0.5) is 29.1 Å². The molecule has 0 unspecified atom stereocenters. The predicted molar refractivity (Wildman–Crippen MR) is 117 cm³/mol. The molecular weight excluding hydrogens is 510 g/mol. The Balaban J connectivity index is 1.88. The highest BCUT2D eigenvalue weighted by atomic mass is 32.2. The first kappa shape index (κ1) is 25.0. The summed E-state index contributed by atoms with van der Waals surface area (Å²) in [5.41, 5.74) is 5.06. The van der Waals surface area contributed by atoms with E-state index in [1.807, 2.05) is 0 Å². The van der Waals surface area contributed by atoms with Crippen molar-refractivity contribution in [2.75, 3.05) is 11.6 Å². The maximum absolute atomic E-state index is 14.5. The third-order valence-electron chi connectivity index (χ3n) is 5.15. The van der Waals surface area contributed by atoms with Crippen LogP contribution in [0, 0.1) is 11.6 Å². The number of sulfone groups is 1. The number of carbonyl (C=O) groups is 1. The molecule has 1 aromatic carbocycles. The number of aromatic nitrogens is 5. The smallest absolute Gasteiger partial charge is 0.366 e. The van der Waals surface area contributed by atoms with Gasteiger partial charge in [0, 0.05) is 24.1 Å². The van der Waals surface area contributed by atoms with Gasteiger partial charge in [-0.05, 0) is 17.5 Å². The molecule has 16 heteroatoms. The van der Waals surface area contributed by atoms with E-state index in [1.165, 1.54) is 10.7 Å². The largest absolute Gasteiger partial charge is 0.421 e. The second-order valence-electron chi connectivity index (χ2n) is 8.03. The van der Waals surface area contributed by atoms with E-state index < -0.39 is 44.1 Å². The minimum Gasteiger partial charge on any atom is -0.366 e. The van der Waals surface area contributed by atoms with E-state index in [0.717, 1.165) is 12.4 Å². The fourth-order valence-corrected chi connectivity index (χ4v) is 3.86. The molecular formula is C20H17F4N7O4S. The van der Waals surface area contributed by atoms with Gasteiger partial charge in [0.1, 0.15) is 23.5 Å². The Morgan fingerprint density at radius 3 is 2.53 bits per heavy atom. The van der Waals surface area contributed by atoms with Crippen LogP contribution in [0.3, 0.4) is 0 Å². The molecule has 0 fully saturated rings. The molecule has 0 atom stereocenters. The summed E-state index contributed by atoms with van der Waals surface area (Å²) in [6.07, 6.45) is 2.79. The normalized spacial score (nSPS) is 12.4. The van der Waals surface area contributed by atoms with Gasteiger partial charge in [-0.2, -0.15) is 18.9 Å². The van der Waals surface area contributed by atoms with Crippen molar-refractivity contribution in [1.82, 2.24) is 24.7 Å². The van der Waals surface area contributed by atoms with Crippen molar-refractivity contribution in [3.8, 4) is 11.4 Å². The van der Waals surface area contributed by atoms with Crippen molar-refractivity contribution in [3.63, 3.8) is 0 Å². The van der Waals surface area contributed by atoms with Gasteiger partial charge >= 0.3 is 11.1 Å². The number of benzene rings is 1. The lowest BCUT2D eigenvalue weighted by atomic mass is 9.99. The zero-order chi connectivity index (χ0) is 26.6. The zero-order valence-corrected chi connectivity index (χ0v) is 19.6. The minimum atomic E-state index is -4.90. The Bertz CT molecular complexity index is 1620. The van der Waals surface area contributed by atoms with Crippen LogP contribution in [0.2, 0.25) is 0 Å². The van der Waals surface area contributed by atoms with Gasteiger partial charge < -0.3 is 15.6 Å². The number of amides is 1. The molecule has 3 aromatic heterocycles. The first-order valence-electron chi connectivity index (χ1n) is 10.1. The Morgan fingerprint density at radius 2 is 1.92 bits per heavy atom. The second-order valence-corrected chi connectivity index (χ2v) is 10.1. The number of nitrogens with two attached hydrogens (primary N) is 1. The second kappa shape index (κ2) is 8.54. The SMILES string of the molecule is CC(C)c1c(-c2noc(C(F)(F)S(C)(=O)=O)n2)cn2ncnc(Nc3cc(C(N)=O)c(F)cc3F)c12. The Kier molecular flexibility index (Phi) is 5.94. The lowest BCUT2D eigenvalue weighted by molar-refractivity contribution is 0.0527. The van der Waals surface area contributed by atoms with E-state index >= 15 is 0 Å². The third kappa shape index (κ3) is 4.12. The van der Waals surface area contributed by atoms with E-state index in [2.05, 4.69) is 30.1 Å². The van der Waals surface area contributed by atoms with Crippen molar-refractivity contribution in [3.05, 3.63) is 53.3 Å². The van der Waals surface area contributed by atoms with Crippen LogP contribution in [0.15, 0.2) is 29.2 Å². The number of fused-ring (bicyclic) bond motifs is 1. The lowest BCUT2D eigenvalue weighted by Crippen LogP contribution is -2.25. The summed E-state index contributed by atoms with van der Waals surface area (Å²) < 4.78 is 85.5. The standard InChI is InChI=1S/C20H17F4N7O4S/c1-8(2)14-10(17-29-19(35-30-17)20(23,24)36(3,33)34)6-31-15(14)18(26-7-27-31)28-13-4-9(16(25)32)11(21)5-12(13)22/h4-8H,1-3H3,(H2,25,32)(H,26,27,28). The van der Waals surface area contributed by atoms with Crippen molar-refractivity contribution >= 4 is 32.8 Å². The van der Waals surface area contributed by atoms with Crippen LogP contribution >= 0.6 is 0 Å². The summed E-state index contributed by atoms with van der Waals surface area (Å²) in [7, 11) is -4.90. The van der Waals surface area contributed by atoms with E-state index in [-0.39, 0.29) is 34.3 Å². The summed E-state index contributed by atoms with van der Waals surface area (Å²) in [6, 6.07) is 1.36. The first-order valence-corrected chi connectivity index (χ1v) is 12.0. The van der Waals surface area contributed by atoms with Gasteiger partial charge in [-0.3, -0.25) is 4.79 Å². The average molecular weight is 527 g/mol. The van der Waals surface area contributed by atoms with Crippen LogP contribution < -0.4 is 11.1 Å². The van der Waals surface area contributed by atoms with Gasteiger partial charge in [0.25, 0.3) is 5.91 Å². The fraction of sp³-hybridized carbons (Fsp3) is 0.250. The average Bonchev–Trinajstić information content (AvgIpc) is 3.40. The fourth-order valence-electron chi connectivity index (χ4n) is 3.46. The molecule has 0 saturated carbocycles. The molecule has 190 valence electrons. The molecule has 36 heavy (non-hydrogen) atoms. The number of nitrogens with one attached hydrogen (secondary N) is 1. The molecule has 4 aromatic rings. The first-order chi connectivity index (χ1) is 16.7. The summed E-state index contributed by atoms with van der Waals surface area (Å²) in [6.45, 7) is 3.48. The Morgan fingerprint density at radius 1 is 1.22 bits per heavy atom. The van der Waals surface area contributed by atoms with Gasteiger partial charge in [-0.1, -0.05) is 19.0 Å². The molecule has 0 radical (unpaired) electrons. The van der Waals surface area contributed by atoms with Crippen LogP contribution in [0.25, 0.3) is 16.9 Å². The minimum absolute atomic E-state index is 0.00561. The third-order valence-corrected chi connectivity index (χ3v) is 6.25. The number of rotatable bonds is 7. The van der Waals surface area contributed by atoms with E-state index in [9.17, 15) is 30.8 Å². The maximum atomic E-state index is 14.5. The highest BCUT2D eigenvalue weighted by molar-refractivity contribution is 7.91. The molecule has 0 aliphatic carbocycles. The van der Waals surface area contributed by atoms with Gasteiger partial charge in [-0.25, -0.2) is 26.7 Å². The number of halogens is 4. The Hall–Kier alpha value is -4.08. The number of primary amides is 1. The summed E-state index contributed by atoms with van der Waals surface area (Å²) in [5.74, 6) is -5.41. The molecule has 0 spiro atoms. The number of nitrogens with zero attached hydrogens (tertiary/aromatic N) is 5. The summed E-state index contributed by atoms with van der Waals surface area (Å²) in [4.78, 5) is 19.1. The monoisotopic (exact) mass is 527 g/mol. The van der Waals surface area contributed by atoms with E-state index in [1.54, 1.807) is 13.8 Å².